The van der Waals surface area contributed by atoms with E-state index < -0.39 is 5.97 Å². The fraction of sp³-hybridized carbons (Fsp3) is 0.111. The quantitative estimate of drug-likeness (QED) is 0.848. The molecule has 0 spiro atoms. The zero-order valence-electron chi connectivity index (χ0n) is 7.36. The summed E-state index contributed by atoms with van der Waals surface area (Å²) >= 11 is 3.26. The number of aryl methyl sites for hydroxylation is 1. The number of fused-ring (bicyclic) bond motifs is 1. The van der Waals surface area contributed by atoms with E-state index in [1.54, 1.807) is 22.9 Å². The van der Waals surface area contributed by atoms with E-state index >= 15 is 0 Å². The summed E-state index contributed by atoms with van der Waals surface area (Å²) in [6.07, 6.45) is 3.44. The van der Waals surface area contributed by atoms with Crippen molar-refractivity contribution in [1.29, 1.82) is 0 Å². The molecule has 0 bridgehead atoms. The van der Waals surface area contributed by atoms with Crippen LogP contribution in [-0.2, 0) is 0 Å². The first-order valence-electron chi connectivity index (χ1n) is 3.96. The van der Waals surface area contributed by atoms with Crippen molar-refractivity contribution in [3.63, 3.8) is 0 Å². The molecule has 0 radical (unpaired) electrons. The van der Waals surface area contributed by atoms with Gasteiger partial charge in [-0.3, -0.25) is 0 Å². The van der Waals surface area contributed by atoms with Gasteiger partial charge in [0.1, 0.15) is 5.56 Å². The van der Waals surface area contributed by atoms with Gasteiger partial charge in [0.25, 0.3) is 0 Å². The predicted molar refractivity (Wildman–Crippen MR) is 54.6 cm³/mol. The first-order chi connectivity index (χ1) is 6.59. The highest BCUT2D eigenvalue weighted by molar-refractivity contribution is 9.10. The average molecular weight is 255 g/mol. The van der Waals surface area contributed by atoms with E-state index in [9.17, 15) is 4.79 Å². The van der Waals surface area contributed by atoms with Crippen LogP contribution in [0.3, 0.4) is 0 Å². The maximum absolute atomic E-state index is 10.9. The summed E-state index contributed by atoms with van der Waals surface area (Å²) in [5, 5.41) is 8.94. The average Bonchev–Trinajstić information content (AvgIpc) is 2.47. The zero-order chi connectivity index (χ0) is 10.3. The number of carboxylic acid groups (broad SMARTS) is 1. The van der Waals surface area contributed by atoms with Crippen molar-refractivity contribution in [2.75, 3.05) is 0 Å². The lowest BCUT2D eigenvalue weighted by Crippen LogP contribution is -2.01. The predicted octanol–water partition coefficient (Wildman–Crippen LogP) is 2.10. The van der Waals surface area contributed by atoms with E-state index in [0.717, 1.165) is 10.2 Å². The van der Waals surface area contributed by atoms with Gasteiger partial charge in [0, 0.05) is 22.6 Å². The van der Waals surface area contributed by atoms with Crippen LogP contribution < -0.4 is 0 Å². The van der Waals surface area contributed by atoms with Crippen molar-refractivity contribution in [2.24, 2.45) is 0 Å². The first kappa shape index (κ1) is 9.21. The molecule has 2 heterocycles. The van der Waals surface area contributed by atoms with E-state index in [2.05, 4.69) is 20.9 Å². The molecule has 0 unspecified atom stereocenters. The van der Waals surface area contributed by atoms with Crippen molar-refractivity contribution < 1.29 is 9.90 Å². The number of imidazole rings is 1. The number of halogens is 1. The highest BCUT2D eigenvalue weighted by Gasteiger charge is 2.12. The summed E-state index contributed by atoms with van der Waals surface area (Å²) in [6.45, 7) is 1.87. The number of carbonyl (C=O) groups is 1. The van der Waals surface area contributed by atoms with Crippen molar-refractivity contribution in [1.82, 2.24) is 9.38 Å². The van der Waals surface area contributed by atoms with Crippen LogP contribution in [0.15, 0.2) is 22.9 Å². The van der Waals surface area contributed by atoms with Crippen LogP contribution in [0.2, 0.25) is 0 Å². The van der Waals surface area contributed by atoms with Gasteiger partial charge in [-0.2, -0.15) is 0 Å². The molecule has 0 saturated heterocycles. The molecule has 2 aromatic rings. The highest BCUT2D eigenvalue weighted by atomic mass is 79.9. The number of aromatic nitrogens is 2. The Kier molecular flexibility index (Phi) is 2.03. The third-order valence-corrected chi connectivity index (χ3v) is 2.42. The number of rotatable bonds is 1. The van der Waals surface area contributed by atoms with Crippen molar-refractivity contribution in [2.45, 2.75) is 6.92 Å². The van der Waals surface area contributed by atoms with Gasteiger partial charge < -0.3 is 9.51 Å². The molecule has 0 fully saturated rings. The van der Waals surface area contributed by atoms with Crippen molar-refractivity contribution in [3.05, 3.63) is 34.2 Å². The standard InChI is InChI=1S/C9H7BrN2O2/c1-5-3-11-8-7(9(13)14)2-6(10)4-12(5)8/h2-4H,1H3,(H,13,14). The molecule has 0 amide bonds. The van der Waals surface area contributed by atoms with Gasteiger partial charge in [0.2, 0.25) is 0 Å². The first-order valence-corrected chi connectivity index (χ1v) is 4.75. The van der Waals surface area contributed by atoms with Gasteiger partial charge in [-0.15, -0.1) is 0 Å². The van der Waals surface area contributed by atoms with Gasteiger partial charge in [-0.05, 0) is 28.9 Å². The van der Waals surface area contributed by atoms with E-state index in [4.69, 9.17) is 5.11 Å². The summed E-state index contributed by atoms with van der Waals surface area (Å²) in [4.78, 5) is 14.9. The Labute approximate surface area is 88.3 Å². The smallest absolute Gasteiger partial charge is 0.339 e. The monoisotopic (exact) mass is 254 g/mol. The fourth-order valence-electron chi connectivity index (χ4n) is 1.33. The van der Waals surface area contributed by atoms with Crippen LogP contribution in [0.25, 0.3) is 5.65 Å². The molecule has 72 valence electrons. The summed E-state index contributed by atoms with van der Waals surface area (Å²) in [5.74, 6) is -0.970. The molecule has 0 aromatic carbocycles. The maximum Gasteiger partial charge on any atom is 0.339 e. The molecular weight excluding hydrogens is 248 g/mol. The molecule has 0 aliphatic rings. The summed E-state index contributed by atoms with van der Waals surface area (Å²) in [6, 6.07) is 1.55. The Balaban J connectivity index is 2.88. The SMILES string of the molecule is Cc1cnc2c(C(=O)O)cc(Br)cn12. The molecule has 0 aliphatic heterocycles. The number of carboxylic acids is 1. The molecule has 0 saturated carbocycles. The maximum atomic E-state index is 10.9. The van der Waals surface area contributed by atoms with E-state index in [-0.39, 0.29) is 5.56 Å². The Morgan fingerprint density at radius 1 is 1.64 bits per heavy atom. The van der Waals surface area contributed by atoms with Crippen LogP contribution in [0.1, 0.15) is 16.1 Å². The lowest BCUT2D eigenvalue weighted by atomic mass is 10.3. The van der Waals surface area contributed by atoms with Gasteiger partial charge in [0.05, 0.1) is 0 Å². The fourth-order valence-corrected chi connectivity index (χ4v) is 1.76. The molecule has 0 aliphatic carbocycles. The summed E-state index contributed by atoms with van der Waals surface area (Å²) in [7, 11) is 0. The lowest BCUT2D eigenvalue weighted by molar-refractivity contribution is 0.0698. The Morgan fingerprint density at radius 2 is 2.36 bits per heavy atom. The van der Waals surface area contributed by atoms with Crippen LogP contribution >= 0.6 is 15.9 Å². The molecule has 0 atom stereocenters. The van der Waals surface area contributed by atoms with E-state index in [1.165, 1.54) is 0 Å². The summed E-state index contributed by atoms with van der Waals surface area (Å²) in [5.41, 5.74) is 1.58. The van der Waals surface area contributed by atoms with Crippen LogP contribution in [-0.4, -0.2) is 20.5 Å². The molecular formula is C9H7BrN2O2. The minimum atomic E-state index is -0.970. The Hall–Kier alpha value is -1.36. The molecule has 2 aromatic heterocycles. The van der Waals surface area contributed by atoms with E-state index in [0.29, 0.717) is 5.65 Å². The molecule has 4 nitrogen and oxygen atoms in total. The second kappa shape index (κ2) is 3.09. The third-order valence-electron chi connectivity index (χ3n) is 1.99. The third kappa shape index (κ3) is 1.29. The molecule has 2 rings (SSSR count). The molecule has 1 N–H and O–H groups in total. The normalized spacial score (nSPS) is 10.7. The highest BCUT2D eigenvalue weighted by Crippen LogP contribution is 2.18. The number of pyridine rings is 1. The number of hydrogen-bond acceptors (Lipinski definition) is 2. The second-order valence-corrected chi connectivity index (χ2v) is 3.89. The molecule has 5 heteroatoms. The minimum Gasteiger partial charge on any atom is -0.478 e. The minimum absolute atomic E-state index is 0.201. The van der Waals surface area contributed by atoms with Crippen molar-refractivity contribution >= 4 is 27.5 Å². The largest absolute Gasteiger partial charge is 0.478 e. The zero-order valence-corrected chi connectivity index (χ0v) is 8.95. The van der Waals surface area contributed by atoms with Crippen LogP contribution in [0.5, 0.6) is 0 Å². The van der Waals surface area contributed by atoms with Gasteiger partial charge in [-0.1, -0.05) is 0 Å². The van der Waals surface area contributed by atoms with Gasteiger partial charge >= 0.3 is 5.97 Å². The number of hydrogen-bond donors (Lipinski definition) is 1. The second-order valence-electron chi connectivity index (χ2n) is 2.97. The number of aromatic carboxylic acids is 1. The lowest BCUT2D eigenvalue weighted by Gasteiger charge is -2.01. The molecule has 14 heavy (non-hydrogen) atoms. The topological polar surface area (TPSA) is 54.6 Å². The van der Waals surface area contributed by atoms with E-state index in [1.807, 2.05) is 6.92 Å². The Morgan fingerprint density at radius 3 is 3.00 bits per heavy atom. The summed E-state index contributed by atoms with van der Waals surface area (Å²) < 4.78 is 2.47. The van der Waals surface area contributed by atoms with Crippen molar-refractivity contribution in [3.8, 4) is 0 Å². The van der Waals surface area contributed by atoms with Gasteiger partial charge in [0.15, 0.2) is 5.65 Å². The Bertz CT molecular complexity index is 519. The van der Waals surface area contributed by atoms with Crippen LogP contribution in [0.4, 0.5) is 0 Å². The van der Waals surface area contributed by atoms with Gasteiger partial charge in [-0.25, -0.2) is 9.78 Å². The van der Waals surface area contributed by atoms with Crippen LogP contribution in [0, 0.1) is 6.92 Å². The number of nitrogens with zero attached hydrogens (tertiary/aromatic N) is 2.